The summed E-state index contributed by atoms with van der Waals surface area (Å²) in [6.07, 6.45) is 3.75. The van der Waals surface area contributed by atoms with Gasteiger partial charge in [0, 0.05) is 45.0 Å². The highest BCUT2D eigenvalue weighted by Crippen LogP contribution is 2.28. The van der Waals surface area contributed by atoms with Crippen LogP contribution in [-0.2, 0) is 0 Å². The van der Waals surface area contributed by atoms with Gasteiger partial charge in [-0.15, -0.1) is 5.10 Å². The van der Waals surface area contributed by atoms with Crippen LogP contribution in [0.15, 0.2) is 54.7 Å². The fourth-order valence-electron chi connectivity index (χ4n) is 4.21. The quantitative estimate of drug-likeness (QED) is 0.521. The number of nitrogens with two attached hydrogens (primary N) is 1. The van der Waals surface area contributed by atoms with Crippen LogP contribution in [0.25, 0.3) is 5.52 Å². The predicted octanol–water partition coefficient (Wildman–Crippen LogP) is 3.22. The number of primary amides is 1. The maximum absolute atomic E-state index is 12.0. The number of anilines is 2. The van der Waals surface area contributed by atoms with Gasteiger partial charge in [-0.25, -0.2) is 9.31 Å². The molecule has 2 N–H and O–H groups in total. The maximum atomic E-state index is 12.0. The third-order valence-corrected chi connectivity index (χ3v) is 5.88. The number of urea groups is 1. The molecule has 2 aromatic heterocycles. The first-order valence-corrected chi connectivity index (χ1v) is 11.4. The Hall–Kier alpha value is -3.26. The zero-order valence-electron chi connectivity index (χ0n) is 18.7. The lowest BCUT2D eigenvalue weighted by atomic mass is 10.2. The van der Waals surface area contributed by atoms with Crippen molar-refractivity contribution in [3.63, 3.8) is 0 Å². The molecule has 3 heterocycles. The number of hydrogen-bond acceptors (Lipinski definition) is 5. The number of aromatic nitrogens is 2. The molecule has 0 spiro atoms. The molecule has 1 saturated heterocycles. The fourth-order valence-corrected chi connectivity index (χ4v) is 4.21. The SMILES string of the molecule is CCOc1ccccc1N1CCN(CCCCN(C(N)=O)c2cc3ccccn3n2)CC1. The zero-order chi connectivity index (χ0) is 22.3. The molecule has 2 amide bonds. The van der Waals surface area contributed by atoms with Crippen molar-refractivity contribution in [3.05, 3.63) is 54.7 Å². The van der Waals surface area contributed by atoms with Gasteiger partial charge in [0.25, 0.3) is 0 Å². The van der Waals surface area contributed by atoms with E-state index in [1.165, 1.54) is 5.69 Å². The molecule has 1 aliphatic rings. The molecule has 8 heteroatoms. The van der Waals surface area contributed by atoms with Gasteiger partial charge in [0.15, 0.2) is 5.82 Å². The van der Waals surface area contributed by atoms with Gasteiger partial charge < -0.3 is 15.4 Å². The summed E-state index contributed by atoms with van der Waals surface area (Å²) in [5.74, 6) is 1.56. The van der Waals surface area contributed by atoms with Crippen LogP contribution in [-0.4, -0.2) is 66.4 Å². The van der Waals surface area contributed by atoms with Gasteiger partial charge in [-0.1, -0.05) is 18.2 Å². The minimum Gasteiger partial charge on any atom is -0.492 e. The average Bonchev–Trinajstić information content (AvgIpc) is 3.23. The molecule has 0 bridgehead atoms. The number of carbonyl (C=O) groups excluding carboxylic acids is 1. The smallest absolute Gasteiger partial charge is 0.320 e. The van der Waals surface area contributed by atoms with Crippen LogP contribution in [0.3, 0.4) is 0 Å². The maximum Gasteiger partial charge on any atom is 0.320 e. The number of pyridine rings is 1. The van der Waals surface area contributed by atoms with E-state index in [9.17, 15) is 4.79 Å². The van der Waals surface area contributed by atoms with Crippen LogP contribution in [0.4, 0.5) is 16.3 Å². The normalized spacial score (nSPS) is 14.6. The van der Waals surface area contributed by atoms with Crippen LogP contribution in [0.1, 0.15) is 19.8 Å². The molecule has 0 unspecified atom stereocenters. The van der Waals surface area contributed by atoms with Crippen LogP contribution in [0.5, 0.6) is 5.75 Å². The van der Waals surface area contributed by atoms with Crippen LogP contribution in [0.2, 0.25) is 0 Å². The Bertz CT molecular complexity index is 995. The molecule has 4 rings (SSSR count). The number of fused-ring (bicyclic) bond motifs is 1. The van der Waals surface area contributed by atoms with E-state index in [1.54, 1.807) is 9.42 Å². The standard InChI is InChI=1S/C24H32N6O2/c1-2-32-22-11-4-3-10-21(22)28-17-15-27(16-18-28)12-7-8-13-29(24(25)31)23-19-20-9-5-6-14-30(20)26-23/h3-6,9-11,14,19H,2,7-8,12-13,15-18H2,1H3,(H2,25,31). The Labute approximate surface area is 189 Å². The number of para-hydroxylation sites is 2. The minimum absolute atomic E-state index is 0.463. The number of carbonyl (C=O) groups is 1. The third-order valence-electron chi connectivity index (χ3n) is 5.88. The first-order chi connectivity index (χ1) is 15.7. The van der Waals surface area contributed by atoms with E-state index in [-0.39, 0.29) is 0 Å². The largest absolute Gasteiger partial charge is 0.492 e. The Morgan fingerprint density at radius 1 is 1.09 bits per heavy atom. The number of nitrogens with zero attached hydrogens (tertiary/aromatic N) is 5. The van der Waals surface area contributed by atoms with E-state index >= 15 is 0 Å². The van der Waals surface area contributed by atoms with Crippen molar-refractivity contribution in [1.82, 2.24) is 14.5 Å². The molecule has 1 aromatic carbocycles. The lowest BCUT2D eigenvalue weighted by Gasteiger charge is -2.36. The topological polar surface area (TPSA) is 79.3 Å². The van der Waals surface area contributed by atoms with Crippen molar-refractivity contribution in [2.45, 2.75) is 19.8 Å². The summed E-state index contributed by atoms with van der Waals surface area (Å²) < 4.78 is 7.55. The monoisotopic (exact) mass is 436 g/mol. The number of piperazine rings is 1. The molecule has 1 aliphatic heterocycles. The molecule has 0 aliphatic carbocycles. The van der Waals surface area contributed by atoms with Crippen molar-refractivity contribution >= 4 is 23.1 Å². The number of hydrogen-bond donors (Lipinski definition) is 1. The summed E-state index contributed by atoms with van der Waals surface area (Å²) in [5, 5.41) is 4.48. The summed E-state index contributed by atoms with van der Waals surface area (Å²) in [7, 11) is 0. The van der Waals surface area contributed by atoms with Crippen molar-refractivity contribution < 1.29 is 9.53 Å². The molecule has 1 fully saturated rings. The zero-order valence-corrected chi connectivity index (χ0v) is 18.7. The first-order valence-electron chi connectivity index (χ1n) is 11.4. The van der Waals surface area contributed by atoms with E-state index in [4.69, 9.17) is 10.5 Å². The highest BCUT2D eigenvalue weighted by molar-refractivity contribution is 5.90. The Morgan fingerprint density at radius 3 is 2.62 bits per heavy atom. The van der Waals surface area contributed by atoms with Crippen molar-refractivity contribution in [3.8, 4) is 5.75 Å². The lowest BCUT2D eigenvalue weighted by Crippen LogP contribution is -2.46. The number of unbranched alkanes of at least 4 members (excludes halogenated alkanes) is 1. The molecule has 32 heavy (non-hydrogen) atoms. The molecule has 170 valence electrons. The number of amides is 2. The minimum atomic E-state index is -0.463. The van der Waals surface area contributed by atoms with E-state index in [1.807, 2.05) is 49.5 Å². The van der Waals surface area contributed by atoms with Gasteiger partial charge in [-0.2, -0.15) is 0 Å². The van der Waals surface area contributed by atoms with Gasteiger partial charge in [0.05, 0.1) is 17.8 Å². The van der Waals surface area contributed by atoms with Crippen molar-refractivity contribution in [1.29, 1.82) is 0 Å². The molecule has 0 saturated carbocycles. The van der Waals surface area contributed by atoms with Crippen LogP contribution in [0, 0.1) is 0 Å². The Balaban J connectivity index is 1.24. The van der Waals surface area contributed by atoms with E-state index in [0.717, 1.165) is 56.8 Å². The Kier molecular flexibility index (Phi) is 7.11. The third kappa shape index (κ3) is 5.13. The van der Waals surface area contributed by atoms with Crippen LogP contribution < -0.4 is 20.3 Å². The number of rotatable bonds is 9. The first kappa shape index (κ1) is 22.0. The molecule has 8 nitrogen and oxygen atoms in total. The summed E-state index contributed by atoms with van der Waals surface area (Å²) >= 11 is 0. The van der Waals surface area contributed by atoms with Gasteiger partial charge in [0.1, 0.15) is 5.75 Å². The molecule has 0 radical (unpaired) electrons. The van der Waals surface area contributed by atoms with E-state index in [0.29, 0.717) is 19.0 Å². The highest BCUT2D eigenvalue weighted by atomic mass is 16.5. The summed E-state index contributed by atoms with van der Waals surface area (Å²) in [6, 6.07) is 15.5. The summed E-state index contributed by atoms with van der Waals surface area (Å²) in [6.45, 7) is 8.29. The second-order valence-electron chi connectivity index (χ2n) is 8.00. The molecule has 0 atom stereocenters. The van der Waals surface area contributed by atoms with Gasteiger partial charge in [0.2, 0.25) is 0 Å². The second-order valence-corrected chi connectivity index (χ2v) is 8.00. The lowest BCUT2D eigenvalue weighted by molar-refractivity contribution is 0.248. The fraction of sp³-hybridized carbons (Fsp3) is 0.417. The molecular weight excluding hydrogens is 404 g/mol. The number of benzene rings is 1. The van der Waals surface area contributed by atoms with Gasteiger partial charge >= 0.3 is 6.03 Å². The van der Waals surface area contributed by atoms with E-state index < -0.39 is 6.03 Å². The predicted molar refractivity (Wildman–Crippen MR) is 128 cm³/mol. The molecule has 3 aromatic rings. The summed E-state index contributed by atoms with van der Waals surface area (Å²) in [5.41, 5.74) is 7.75. The Morgan fingerprint density at radius 2 is 1.88 bits per heavy atom. The van der Waals surface area contributed by atoms with Crippen molar-refractivity contribution in [2.24, 2.45) is 5.73 Å². The summed E-state index contributed by atoms with van der Waals surface area (Å²) in [4.78, 5) is 18.4. The van der Waals surface area contributed by atoms with Gasteiger partial charge in [-0.3, -0.25) is 9.80 Å². The van der Waals surface area contributed by atoms with Gasteiger partial charge in [-0.05, 0) is 50.6 Å². The van der Waals surface area contributed by atoms with E-state index in [2.05, 4.69) is 27.0 Å². The average molecular weight is 437 g/mol. The van der Waals surface area contributed by atoms with Crippen molar-refractivity contribution in [2.75, 3.05) is 55.7 Å². The van der Waals surface area contributed by atoms with Crippen LogP contribution >= 0.6 is 0 Å². The number of ether oxygens (including phenoxy) is 1. The molecular formula is C24H32N6O2. The second kappa shape index (κ2) is 10.4. The highest BCUT2D eigenvalue weighted by Gasteiger charge is 2.20.